The lowest BCUT2D eigenvalue weighted by atomic mass is 10.1. The molecule has 34 heavy (non-hydrogen) atoms. The number of rotatable bonds is 8. The first-order valence-corrected chi connectivity index (χ1v) is 11.3. The first-order chi connectivity index (χ1) is 16.3. The average molecular weight is 587 g/mol. The Bertz CT molecular complexity index is 1300. The molecule has 1 N–H and O–H groups in total. The molecule has 0 aliphatic carbocycles. The molecule has 10 heteroatoms. The quantitative estimate of drug-likeness (QED) is 0.144. The number of nitro benzene ring substituents is 1. The van der Waals surface area contributed by atoms with E-state index in [1.54, 1.807) is 12.1 Å². The fourth-order valence-electron chi connectivity index (χ4n) is 2.97. The molecule has 172 valence electrons. The Kier molecular flexibility index (Phi) is 8.40. The fraction of sp³-hybridized carbons (Fsp3) is 0.0833. The minimum atomic E-state index is -0.758. The van der Waals surface area contributed by atoms with Crippen molar-refractivity contribution in [1.29, 1.82) is 5.26 Å². The molecule has 0 spiro atoms. The van der Waals surface area contributed by atoms with Gasteiger partial charge in [-0.05, 0) is 45.8 Å². The van der Waals surface area contributed by atoms with Crippen LogP contribution in [0.15, 0.2) is 75.2 Å². The molecule has 0 bridgehead atoms. The summed E-state index contributed by atoms with van der Waals surface area (Å²) in [4.78, 5) is 23.4. The molecule has 0 aliphatic rings. The zero-order valence-electron chi connectivity index (χ0n) is 17.7. The molecule has 0 aromatic heterocycles. The number of ether oxygens (including phenoxy) is 2. The molecule has 3 aromatic rings. The van der Waals surface area contributed by atoms with Gasteiger partial charge in [-0.3, -0.25) is 14.9 Å². The van der Waals surface area contributed by atoms with Gasteiger partial charge in [-0.2, -0.15) is 5.26 Å². The van der Waals surface area contributed by atoms with Gasteiger partial charge in [0, 0.05) is 22.2 Å². The van der Waals surface area contributed by atoms with E-state index in [9.17, 15) is 20.2 Å². The number of hydrogen-bond acceptors (Lipinski definition) is 6. The molecule has 0 radical (unpaired) electrons. The van der Waals surface area contributed by atoms with E-state index in [1.807, 2.05) is 36.4 Å². The third-order valence-electron chi connectivity index (χ3n) is 4.57. The van der Waals surface area contributed by atoms with Crippen LogP contribution in [0.2, 0.25) is 0 Å². The normalized spacial score (nSPS) is 10.8. The van der Waals surface area contributed by atoms with Crippen molar-refractivity contribution in [3.63, 3.8) is 0 Å². The summed E-state index contributed by atoms with van der Waals surface area (Å²) in [7, 11) is 1.37. The standard InChI is InChI=1S/C24H17Br2N3O5/c1-33-22-8-7-19(29(31)32)12-21(22)28-24(30)17(13-27)9-16-10-18(25)11-20(26)23(16)34-14-15-5-3-2-4-6-15/h2-12H,14H2,1H3,(H,28,30)/b17-9+. The summed E-state index contributed by atoms with van der Waals surface area (Å²) in [6.45, 7) is 0.279. The maximum Gasteiger partial charge on any atom is 0.271 e. The lowest BCUT2D eigenvalue weighted by Crippen LogP contribution is -2.14. The Labute approximate surface area is 212 Å². The molecular weight excluding hydrogens is 570 g/mol. The van der Waals surface area contributed by atoms with Crippen molar-refractivity contribution in [2.45, 2.75) is 6.61 Å². The first-order valence-electron chi connectivity index (χ1n) is 9.73. The van der Waals surface area contributed by atoms with Crippen LogP contribution in [0, 0.1) is 21.4 Å². The topological polar surface area (TPSA) is 114 Å². The highest BCUT2D eigenvalue weighted by atomic mass is 79.9. The van der Waals surface area contributed by atoms with Crippen molar-refractivity contribution in [3.05, 3.63) is 96.4 Å². The smallest absolute Gasteiger partial charge is 0.271 e. The number of nitrogens with zero attached hydrogens (tertiary/aromatic N) is 2. The monoisotopic (exact) mass is 585 g/mol. The van der Waals surface area contributed by atoms with Crippen LogP contribution < -0.4 is 14.8 Å². The summed E-state index contributed by atoms with van der Waals surface area (Å²) in [5, 5.41) is 23.3. The lowest BCUT2D eigenvalue weighted by Gasteiger charge is -2.13. The van der Waals surface area contributed by atoms with E-state index in [1.165, 1.54) is 25.3 Å². The second kappa shape index (κ2) is 11.4. The molecule has 0 unspecified atom stereocenters. The zero-order valence-corrected chi connectivity index (χ0v) is 20.9. The van der Waals surface area contributed by atoms with Crippen LogP contribution in [0.5, 0.6) is 11.5 Å². The summed E-state index contributed by atoms with van der Waals surface area (Å²) >= 11 is 6.87. The molecule has 3 aromatic carbocycles. The second-order valence-electron chi connectivity index (χ2n) is 6.85. The number of hydrogen-bond donors (Lipinski definition) is 1. The van der Waals surface area contributed by atoms with E-state index in [0.29, 0.717) is 20.3 Å². The summed E-state index contributed by atoms with van der Waals surface area (Å²) in [6, 6.07) is 18.7. The van der Waals surface area contributed by atoms with E-state index < -0.39 is 10.8 Å². The van der Waals surface area contributed by atoms with E-state index in [-0.39, 0.29) is 29.3 Å². The number of nitro groups is 1. The fourth-order valence-corrected chi connectivity index (χ4v) is 4.34. The van der Waals surface area contributed by atoms with Gasteiger partial charge in [-0.25, -0.2) is 0 Å². The van der Waals surface area contributed by atoms with Crippen LogP contribution in [-0.4, -0.2) is 17.9 Å². The number of carbonyl (C=O) groups is 1. The van der Waals surface area contributed by atoms with Gasteiger partial charge in [0.2, 0.25) is 0 Å². The van der Waals surface area contributed by atoms with Crippen LogP contribution in [0.3, 0.4) is 0 Å². The number of amides is 1. The molecule has 8 nitrogen and oxygen atoms in total. The Balaban J connectivity index is 1.93. The van der Waals surface area contributed by atoms with E-state index in [4.69, 9.17) is 9.47 Å². The number of halogens is 2. The van der Waals surface area contributed by atoms with Gasteiger partial charge >= 0.3 is 0 Å². The van der Waals surface area contributed by atoms with Crippen LogP contribution >= 0.6 is 31.9 Å². The maximum absolute atomic E-state index is 12.9. The third kappa shape index (κ3) is 6.21. The number of nitriles is 1. The molecule has 0 saturated heterocycles. The van der Waals surface area contributed by atoms with E-state index in [2.05, 4.69) is 37.2 Å². The van der Waals surface area contributed by atoms with E-state index in [0.717, 1.165) is 11.6 Å². The number of carbonyl (C=O) groups excluding carboxylic acids is 1. The van der Waals surface area contributed by atoms with Gasteiger partial charge in [0.15, 0.2) is 0 Å². The average Bonchev–Trinajstić information content (AvgIpc) is 2.82. The summed E-state index contributed by atoms with van der Waals surface area (Å²) < 4.78 is 12.5. The van der Waals surface area contributed by atoms with Gasteiger partial charge < -0.3 is 14.8 Å². The lowest BCUT2D eigenvalue weighted by molar-refractivity contribution is -0.384. The summed E-state index contributed by atoms with van der Waals surface area (Å²) in [5.41, 5.74) is 1.03. The Morgan fingerprint density at radius 3 is 2.56 bits per heavy atom. The van der Waals surface area contributed by atoms with Gasteiger partial charge in [0.25, 0.3) is 11.6 Å². The molecule has 1 amide bonds. The van der Waals surface area contributed by atoms with Crippen molar-refractivity contribution in [1.82, 2.24) is 0 Å². The minimum absolute atomic E-state index is 0.0684. The molecule has 0 fully saturated rings. The Hall–Kier alpha value is -3.68. The number of anilines is 1. The van der Waals surface area contributed by atoms with Gasteiger partial charge in [-0.15, -0.1) is 0 Å². The number of nitrogens with one attached hydrogen (secondary N) is 1. The zero-order chi connectivity index (χ0) is 24.7. The van der Waals surface area contributed by atoms with Crippen molar-refractivity contribution < 1.29 is 19.2 Å². The highest BCUT2D eigenvalue weighted by molar-refractivity contribution is 9.11. The Morgan fingerprint density at radius 1 is 1.18 bits per heavy atom. The van der Waals surface area contributed by atoms with Crippen molar-refractivity contribution in [3.8, 4) is 17.6 Å². The maximum atomic E-state index is 12.9. The predicted molar refractivity (Wildman–Crippen MR) is 134 cm³/mol. The van der Waals surface area contributed by atoms with Crippen molar-refractivity contribution >= 4 is 55.2 Å². The number of methoxy groups -OCH3 is 1. The molecular formula is C24H17Br2N3O5. The highest BCUT2D eigenvalue weighted by Crippen LogP contribution is 2.35. The second-order valence-corrected chi connectivity index (χ2v) is 8.62. The van der Waals surface area contributed by atoms with Gasteiger partial charge in [0.1, 0.15) is 29.7 Å². The third-order valence-corrected chi connectivity index (χ3v) is 5.62. The predicted octanol–water partition coefficient (Wildman–Crippen LogP) is 6.25. The number of benzene rings is 3. The number of non-ortho nitro benzene ring substituents is 1. The molecule has 0 aliphatic heterocycles. The van der Waals surface area contributed by atoms with Crippen LogP contribution in [0.1, 0.15) is 11.1 Å². The van der Waals surface area contributed by atoms with Gasteiger partial charge in [0.05, 0.1) is 22.2 Å². The molecule has 0 saturated carbocycles. The van der Waals surface area contributed by atoms with Crippen molar-refractivity contribution in [2.24, 2.45) is 0 Å². The molecule has 3 rings (SSSR count). The largest absolute Gasteiger partial charge is 0.495 e. The Morgan fingerprint density at radius 2 is 1.91 bits per heavy atom. The van der Waals surface area contributed by atoms with Crippen LogP contribution in [0.4, 0.5) is 11.4 Å². The SMILES string of the molecule is COc1ccc([N+](=O)[O-])cc1NC(=O)/C(C#N)=C/c1cc(Br)cc(Br)c1OCc1ccccc1. The first kappa shape index (κ1) is 25.0. The van der Waals surface area contributed by atoms with Crippen molar-refractivity contribution in [2.75, 3.05) is 12.4 Å². The van der Waals surface area contributed by atoms with E-state index >= 15 is 0 Å². The van der Waals surface area contributed by atoms with Crippen LogP contribution in [0.25, 0.3) is 6.08 Å². The highest BCUT2D eigenvalue weighted by Gasteiger charge is 2.18. The minimum Gasteiger partial charge on any atom is -0.495 e. The summed E-state index contributed by atoms with van der Waals surface area (Å²) in [5.74, 6) is -0.0970. The molecule has 0 atom stereocenters. The summed E-state index contributed by atoms with van der Waals surface area (Å²) in [6.07, 6.45) is 1.38. The van der Waals surface area contributed by atoms with Crippen LogP contribution in [-0.2, 0) is 11.4 Å². The van der Waals surface area contributed by atoms with Gasteiger partial charge in [-0.1, -0.05) is 46.3 Å². The molecule has 0 heterocycles.